The van der Waals surface area contributed by atoms with Gasteiger partial charge < -0.3 is 15.0 Å². The first-order valence-corrected chi connectivity index (χ1v) is 10.8. The molecule has 3 rings (SSSR count). The first kappa shape index (κ1) is 21.6. The maximum Gasteiger partial charge on any atom is 0.250 e. The van der Waals surface area contributed by atoms with E-state index in [1.54, 1.807) is 0 Å². The molecule has 0 aliphatic heterocycles. The van der Waals surface area contributed by atoms with Gasteiger partial charge in [-0.3, -0.25) is 4.79 Å². The molecule has 158 valence electrons. The number of hydrogen-bond donors (Lipinski definition) is 1. The lowest BCUT2D eigenvalue weighted by Crippen LogP contribution is -2.33. The summed E-state index contributed by atoms with van der Waals surface area (Å²) in [5.41, 5.74) is 12.6. The predicted molar refractivity (Wildman–Crippen MR) is 120 cm³/mol. The molecule has 1 aromatic carbocycles. The van der Waals surface area contributed by atoms with Gasteiger partial charge in [-0.1, -0.05) is 39.8 Å². The van der Waals surface area contributed by atoms with Crippen molar-refractivity contribution in [2.75, 3.05) is 13.2 Å². The number of benzene rings is 1. The average molecular weight is 397 g/mol. The Morgan fingerprint density at radius 3 is 2.38 bits per heavy atom. The minimum absolute atomic E-state index is 0.148. The van der Waals surface area contributed by atoms with E-state index in [-0.39, 0.29) is 16.7 Å². The van der Waals surface area contributed by atoms with E-state index in [2.05, 4.69) is 50.5 Å². The van der Waals surface area contributed by atoms with Crippen LogP contribution in [0.3, 0.4) is 0 Å². The van der Waals surface area contributed by atoms with Gasteiger partial charge in [-0.05, 0) is 72.8 Å². The van der Waals surface area contributed by atoms with E-state index in [4.69, 9.17) is 10.5 Å². The lowest BCUT2D eigenvalue weighted by molar-refractivity contribution is 0.0999. The molecular formula is C25H36N2O2. The Balaban J connectivity index is 2.08. The molecule has 0 spiro atoms. The smallest absolute Gasteiger partial charge is 0.250 e. The third kappa shape index (κ3) is 4.13. The van der Waals surface area contributed by atoms with Gasteiger partial charge in [0.05, 0.1) is 5.56 Å². The van der Waals surface area contributed by atoms with Crippen LogP contribution in [0.2, 0.25) is 0 Å². The van der Waals surface area contributed by atoms with Crippen LogP contribution in [-0.4, -0.2) is 23.7 Å². The zero-order valence-electron chi connectivity index (χ0n) is 18.9. The number of ether oxygens (including phenoxy) is 1. The van der Waals surface area contributed by atoms with Gasteiger partial charge >= 0.3 is 0 Å². The maximum absolute atomic E-state index is 12.0. The van der Waals surface area contributed by atoms with Crippen LogP contribution in [0.4, 0.5) is 0 Å². The SMILES string of the molecule is CCOCCCn1c(-c2ccc3c(c2)C(C)(C)CCC3(C)C)cc(C(N)=O)c1C. The number of amides is 1. The van der Waals surface area contributed by atoms with Crippen molar-refractivity contribution in [2.24, 2.45) is 5.73 Å². The summed E-state index contributed by atoms with van der Waals surface area (Å²) >= 11 is 0. The molecule has 0 saturated heterocycles. The summed E-state index contributed by atoms with van der Waals surface area (Å²) in [6.45, 7) is 15.6. The van der Waals surface area contributed by atoms with Gasteiger partial charge in [0.2, 0.25) is 0 Å². The van der Waals surface area contributed by atoms with Crippen molar-refractivity contribution >= 4 is 5.91 Å². The van der Waals surface area contributed by atoms with Crippen LogP contribution in [0.5, 0.6) is 0 Å². The molecule has 4 nitrogen and oxygen atoms in total. The van der Waals surface area contributed by atoms with Crippen LogP contribution in [0, 0.1) is 6.92 Å². The van der Waals surface area contributed by atoms with E-state index < -0.39 is 0 Å². The Hall–Kier alpha value is -2.07. The Morgan fingerprint density at radius 1 is 1.10 bits per heavy atom. The summed E-state index contributed by atoms with van der Waals surface area (Å²) in [6, 6.07) is 8.80. The van der Waals surface area contributed by atoms with Crippen LogP contribution in [0.1, 0.15) is 81.1 Å². The fourth-order valence-corrected chi connectivity index (χ4v) is 4.64. The highest BCUT2D eigenvalue weighted by Gasteiger charge is 2.37. The van der Waals surface area contributed by atoms with Gasteiger partial charge in [0.25, 0.3) is 5.91 Å². The van der Waals surface area contributed by atoms with Crippen molar-refractivity contribution < 1.29 is 9.53 Å². The number of carbonyl (C=O) groups is 1. The standard InChI is InChI=1S/C25H36N2O2/c1-7-29-14-8-13-27-17(2)19(23(26)28)16-22(27)18-9-10-20-21(15-18)25(5,6)12-11-24(20,3)4/h9-10,15-16H,7-8,11-14H2,1-6H3,(H2,26,28). The minimum atomic E-state index is -0.369. The molecule has 2 N–H and O–H groups in total. The van der Waals surface area contributed by atoms with Gasteiger partial charge in [-0.15, -0.1) is 0 Å². The summed E-state index contributed by atoms with van der Waals surface area (Å²) in [4.78, 5) is 12.0. The fourth-order valence-electron chi connectivity index (χ4n) is 4.64. The maximum atomic E-state index is 12.0. The third-order valence-electron chi connectivity index (χ3n) is 6.66. The topological polar surface area (TPSA) is 57.2 Å². The van der Waals surface area contributed by atoms with Crippen LogP contribution in [0.15, 0.2) is 24.3 Å². The number of carbonyl (C=O) groups excluding carboxylic acids is 1. The fraction of sp³-hybridized carbons (Fsp3) is 0.560. The molecule has 0 radical (unpaired) electrons. The van der Waals surface area contributed by atoms with E-state index in [9.17, 15) is 4.79 Å². The Labute approximate surface area is 175 Å². The molecule has 1 amide bonds. The molecule has 4 heteroatoms. The number of aromatic nitrogens is 1. The van der Waals surface area contributed by atoms with Crippen molar-refractivity contribution in [1.29, 1.82) is 0 Å². The van der Waals surface area contributed by atoms with Crippen molar-refractivity contribution in [3.63, 3.8) is 0 Å². The summed E-state index contributed by atoms with van der Waals surface area (Å²) in [5.74, 6) is -0.369. The molecule has 2 aromatic rings. The van der Waals surface area contributed by atoms with Crippen molar-refractivity contribution in [3.05, 3.63) is 46.6 Å². The van der Waals surface area contributed by atoms with Crippen LogP contribution >= 0.6 is 0 Å². The predicted octanol–water partition coefficient (Wildman–Crippen LogP) is 5.34. The summed E-state index contributed by atoms with van der Waals surface area (Å²) in [7, 11) is 0. The number of fused-ring (bicyclic) bond motifs is 1. The zero-order chi connectivity index (χ0) is 21.4. The number of rotatable bonds is 7. The molecule has 29 heavy (non-hydrogen) atoms. The van der Waals surface area contributed by atoms with Gasteiger partial charge in [-0.2, -0.15) is 0 Å². The van der Waals surface area contributed by atoms with Crippen LogP contribution in [-0.2, 0) is 22.1 Å². The third-order valence-corrected chi connectivity index (χ3v) is 6.66. The van der Waals surface area contributed by atoms with E-state index >= 15 is 0 Å². The van der Waals surface area contributed by atoms with Gasteiger partial charge in [-0.25, -0.2) is 0 Å². The normalized spacial score (nSPS) is 17.2. The van der Waals surface area contributed by atoms with E-state index in [0.29, 0.717) is 12.2 Å². The second kappa shape index (κ2) is 7.98. The average Bonchev–Trinajstić information content (AvgIpc) is 2.99. The first-order valence-electron chi connectivity index (χ1n) is 10.8. The number of nitrogens with two attached hydrogens (primary N) is 1. The number of primary amides is 1. The van der Waals surface area contributed by atoms with Crippen molar-refractivity contribution in [3.8, 4) is 11.3 Å². The lowest BCUT2D eigenvalue weighted by Gasteiger charge is -2.42. The Kier molecular flexibility index (Phi) is 5.96. The molecule has 1 heterocycles. The molecule has 0 bridgehead atoms. The van der Waals surface area contributed by atoms with Crippen LogP contribution in [0.25, 0.3) is 11.3 Å². The van der Waals surface area contributed by atoms with Gasteiger partial charge in [0.1, 0.15) is 0 Å². The highest BCUT2D eigenvalue weighted by Crippen LogP contribution is 2.47. The van der Waals surface area contributed by atoms with E-state index in [0.717, 1.165) is 36.5 Å². The molecule has 1 aliphatic rings. The molecule has 0 atom stereocenters. The molecule has 0 fully saturated rings. The second-order valence-electron chi connectivity index (χ2n) is 9.62. The highest BCUT2D eigenvalue weighted by atomic mass is 16.5. The highest BCUT2D eigenvalue weighted by molar-refractivity contribution is 5.95. The minimum Gasteiger partial charge on any atom is -0.382 e. The van der Waals surface area contributed by atoms with Crippen molar-refractivity contribution in [1.82, 2.24) is 4.57 Å². The van der Waals surface area contributed by atoms with Gasteiger partial charge in [0.15, 0.2) is 0 Å². The Morgan fingerprint density at radius 2 is 1.76 bits per heavy atom. The molecular weight excluding hydrogens is 360 g/mol. The Bertz CT molecular complexity index is 906. The molecule has 1 aliphatic carbocycles. The van der Waals surface area contributed by atoms with E-state index in [1.807, 2.05) is 19.9 Å². The summed E-state index contributed by atoms with van der Waals surface area (Å²) < 4.78 is 7.74. The second-order valence-corrected chi connectivity index (χ2v) is 9.62. The molecule has 1 aromatic heterocycles. The molecule has 0 unspecified atom stereocenters. The zero-order valence-corrected chi connectivity index (χ0v) is 18.9. The number of hydrogen-bond acceptors (Lipinski definition) is 2. The monoisotopic (exact) mass is 396 g/mol. The van der Waals surface area contributed by atoms with Gasteiger partial charge in [0, 0.05) is 31.1 Å². The number of nitrogens with zero attached hydrogens (tertiary/aromatic N) is 1. The van der Waals surface area contributed by atoms with E-state index in [1.165, 1.54) is 24.0 Å². The summed E-state index contributed by atoms with van der Waals surface area (Å²) in [6.07, 6.45) is 3.28. The largest absolute Gasteiger partial charge is 0.382 e. The van der Waals surface area contributed by atoms with Crippen molar-refractivity contribution in [2.45, 2.75) is 78.2 Å². The quantitative estimate of drug-likeness (QED) is 0.642. The lowest BCUT2D eigenvalue weighted by atomic mass is 9.63. The first-order chi connectivity index (χ1) is 13.6. The molecule has 0 saturated carbocycles. The summed E-state index contributed by atoms with van der Waals surface area (Å²) in [5, 5.41) is 0. The van der Waals surface area contributed by atoms with Crippen LogP contribution < -0.4 is 5.73 Å².